The molecule has 0 unspecified atom stereocenters. The minimum atomic E-state index is 0.451. The topological polar surface area (TPSA) is 60.6 Å². The summed E-state index contributed by atoms with van der Waals surface area (Å²) in [7, 11) is 0. The molecule has 1 aliphatic heterocycles. The third-order valence-corrected chi connectivity index (χ3v) is 4.10. The van der Waals surface area contributed by atoms with E-state index in [1.165, 1.54) is 36.2 Å². The van der Waals surface area contributed by atoms with Crippen LogP contribution < -0.4 is 0 Å². The van der Waals surface area contributed by atoms with Gasteiger partial charge in [-0.15, -0.1) is 0 Å². The van der Waals surface area contributed by atoms with Crippen molar-refractivity contribution in [2.75, 3.05) is 6.54 Å². The zero-order valence-electron chi connectivity index (χ0n) is 11.6. The molecule has 2 N–H and O–H groups in total. The van der Waals surface area contributed by atoms with E-state index in [0.717, 1.165) is 18.8 Å². The van der Waals surface area contributed by atoms with E-state index in [9.17, 15) is 0 Å². The van der Waals surface area contributed by atoms with Gasteiger partial charge in [0, 0.05) is 12.2 Å². The van der Waals surface area contributed by atoms with E-state index in [1.54, 1.807) is 6.33 Å². The van der Waals surface area contributed by atoms with Crippen molar-refractivity contribution >= 4 is 0 Å². The summed E-state index contributed by atoms with van der Waals surface area (Å²) in [6.07, 6.45) is 7.46. The highest BCUT2D eigenvalue weighted by atomic mass is 15.2. The number of aryl methyl sites for hydroxylation is 2. The van der Waals surface area contributed by atoms with Crippen molar-refractivity contribution in [3.05, 3.63) is 35.2 Å². The van der Waals surface area contributed by atoms with Crippen molar-refractivity contribution in [3.8, 4) is 0 Å². The minimum Gasteiger partial charge on any atom is -0.348 e. The van der Waals surface area contributed by atoms with Crippen LogP contribution in [0.5, 0.6) is 0 Å². The summed E-state index contributed by atoms with van der Waals surface area (Å²) in [6.45, 7) is 6.27. The van der Waals surface area contributed by atoms with Crippen molar-refractivity contribution in [1.29, 1.82) is 0 Å². The van der Waals surface area contributed by atoms with Gasteiger partial charge in [0.15, 0.2) is 0 Å². The zero-order chi connectivity index (χ0) is 13.2. The number of hydrogen-bond acceptors (Lipinski definition) is 3. The van der Waals surface area contributed by atoms with Gasteiger partial charge in [0.1, 0.15) is 0 Å². The van der Waals surface area contributed by atoms with Crippen LogP contribution in [0.15, 0.2) is 12.5 Å². The normalized spacial score (nSPS) is 20.8. The average molecular weight is 259 g/mol. The van der Waals surface area contributed by atoms with E-state index in [-0.39, 0.29) is 0 Å². The van der Waals surface area contributed by atoms with Crippen LogP contribution in [0, 0.1) is 13.8 Å². The molecule has 2 aromatic heterocycles. The second-order valence-electron chi connectivity index (χ2n) is 5.42. The summed E-state index contributed by atoms with van der Waals surface area (Å²) in [6, 6.07) is 0.451. The molecular formula is C14H21N5. The van der Waals surface area contributed by atoms with Gasteiger partial charge in [-0.25, -0.2) is 4.98 Å². The van der Waals surface area contributed by atoms with E-state index in [0.29, 0.717) is 6.04 Å². The monoisotopic (exact) mass is 259 g/mol. The number of H-pyrrole nitrogens is 2. The number of nitrogens with zero attached hydrogens (tertiary/aromatic N) is 3. The summed E-state index contributed by atoms with van der Waals surface area (Å²) in [5.74, 6) is 0. The lowest BCUT2D eigenvalue weighted by molar-refractivity contribution is 0.135. The van der Waals surface area contributed by atoms with Gasteiger partial charge in [0.2, 0.25) is 0 Å². The van der Waals surface area contributed by atoms with E-state index in [1.807, 2.05) is 6.20 Å². The van der Waals surface area contributed by atoms with Gasteiger partial charge in [0.25, 0.3) is 0 Å². The Balaban J connectivity index is 1.82. The molecule has 102 valence electrons. The Bertz CT molecular complexity index is 542. The Morgan fingerprint density at radius 1 is 1.37 bits per heavy atom. The first-order valence-corrected chi connectivity index (χ1v) is 6.98. The molecule has 0 aromatic carbocycles. The summed E-state index contributed by atoms with van der Waals surface area (Å²) in [5, 5.41) is 7.35. The lowest BCUT2D eigenvalue weighted by Crippen LogP contribution is -2.33. The summed E-state index contributed by atoms with van der Waals surface area (Å²) < 4.78 is 0. The summed E-state index contributed by atoms with van der Waals surface area (Å²) in [4.78, 5) is 10.1. The van der Waals surface area contributed by atoms with Gasteiger partial charge in [-0.2, -0.15) is 5.10 Å². The first-order chi connectivity index (χ1) is 9.25. The van der Waals surface area contributed by atoms with E-state index >= 15 is 0 Å². The molecule has 0 bridgehead atoms. The third kappa shape index (κ3) is 2.42. The quantitative estimate of drug-likeness (QED) is 0.890. The van der Waals surface area contributed by atoms with Crippen LogP contribution in [0.4, 0.5) is 0 Å². The van der Waals surface area contributed by atoms with Crippen LogP contribution in [-0.2, 0) is 6.54 Å². The number of piperidine rings is 1. The smallest absolute Gasteiger partial charge is 0.0925 e. The van der Waals surface area contributed by atoms with E-state index in [2.05, 4.69) is 38.9 Å². The lowest BCUT2D eigenvalue weighted by atomic mass is 9.97. The molecule has 19 heavy (non-hydrogen) atoms. The first-order valence-electron chi connectivity index (χ1n) is 6.98. The molecule has 2 aromatic rings. The predicted octanol–water partition coefficient (Wildman–Crippen LogP) is 2.48. The number of imidazole rings is 1. The van der Waals surface area contributed by atoms with Crippen LogP contribution in [0.25, 0.3) is 0 Å². The van der Waals surface area contributed by atoms with Crippen molar-refractivity contribution in [3.63, 3.8) is 0 Å². The number of aromatic nitrogens is 4. The number of aromatic amines is 2. The highest BCUT2D eigenvalue weighted by Gasteiger charge is 2.27. The standard InChI is InChI=1S/C14H21N5/c1-10-7-17-18-14(10)13-5-3-4-6-19(13)8-12-11(2)15-9-16-12/h7,9,13H,3-6,8H2,1-2H3,(H,15,16)(H,17,18)/t13-/m0/s1. The predicted molar refractivity (Wildman–Crippen MR) is 73.7 cm³/mol. The van der Waals surface area contributed by atoms with Gasteiger partial charge in [-0.1, -0.05) is 6.42 Å². The summed E-state index contributed by atoms with van der Waals surface area (Å²) >= 11 is 0. The molecule has 0 radical (unpaired) electrons. The van der Waals surface area contributed by atoms with Crippen LogP contribution in [0.1, 0.15) is 47.9 Å². The molecule has 0 amide bonds. The van der Waals surface area contributed by atoms with Gasteiger partial charge < -0.3 is 4.98 Å². The van der Waals surface area contributed by atoms with Gasteiger partial charge in [-0.05, 0) is 38.8 Å². The highest BCUT2D eigenvalue weighted by Crippen LogP contribution is 2.32. The molecule has 5 nitrogen and oxygen atoms in total. The minimum absolute atomic E-state index is 0.451. The number of likely N-dealkylation sites (tertiary alicyclic amines) is 1. The van der Waals surface area contributed by atoms with Gasteiger partial charge in [-0.3, -0.25) is 10.00 Å². The van der Waals surface area contributed by atoms with Gasteiger partial charge >= 0.3 is 0 Å². The molecule has 3 heterocycles. The fourth-order valence-electron chi connectivity index (χ4n) is 2.94. The van der Waals surface area contributed by atoms with Crippen LogP contribution in [0.2, 0.25) is 0 Å². The Morgan fingerprint density at radius 2 is 2.26 bits per heavy atom. The Hall–Kier alpha value is -1.62. The molecule has 1 fully saturated rings. The highest BCUT2D eigenvalue weighted by molar-refractivity contribution is 5.19. The molecule has 0 saturated carbocycles. The lowest BCUT2D eigenvalue weighted by Gasteiger charge is -2.35. The second-order valence-corrected chi connectivity index (χ2v) is 5.42. The van der Waals surface area contributed by atoms with E-state index < -0.39 is 0 Å². The second kappa shape index (κ2) is 5.17. The molecule has 1 atom stereocenters. The Morgan fingerprint density at radius 3 is 2.95 bits per heavy atom. The molecule has 0 spiro atoms. The van der Waals surface area contributed by atoms with Crippen molar-refractivity contribution < 1.29 is 0 Å². The molecule has 3 rings (SSSR count). The Labute approximate surface area is 113 Å². The fraction of sp³-hybridized carbons (Fsp3) is 0.571. The molecule has 0 aliphatic carbocycles. The van der Waals surface area contributed by atoms with E-state index in [4.69, 9.17) is 0 Å². The molecule has 1 aliphatic rings. The molecule has 5 heteroatoms. The van der Waals surface area contributed by atoms with Crippen LogP contribution in [0.3, 0.4) is 0 Å². The largest absolute Gasteiger partial charge is 0.348 e. The fourth-order valence-corrected chi connectivity index (χ4v) is 2.94. The maximum absolute atomic E-state index is 4.43. The third-order valence-electron chi connectivity index (χ3n) is 4.10. The maximum Gasteiger partial charge on any atom is 0.0925 e. The van der Waals surface area contributed by atoms with Crippen LogP contribution >= 0.6 is 0 Å². The SMILES string of the molecule is Cc1cn[nH]c1[C@@H]1CCCCN1Cc1nc[nH]c1C. The van der Waals surface area contributed by atoms with Crippen molar-refractivity contribution in [1.82, 2.24) is 25.1 Å². The zero-order valence-corrected chi connectivity index (χ0v) is 11.6. The van der Waals surface area contributed by atoms with Crippen LogP contribution in [-0.4, -0.2) is 31.6 Å². The van der Waals surface area contributed by atoms with Crippen molar-refractivity contribution in [2.24, 2.45) is 0 Å². The van der Waals surface area contributed by atoms with Crippen molar-refractivity contribution in [2.45, 2.75) is 45.7 Å². The molecular weight excluding hydrogens is 238 g/mol. The van der Waals surface area contributed by atoms with Gasteiger partial charge in [0.05, 0.1) is 30.0 Å². The first kappa shape index (κ1) is 12.4. The summed E-state index contributed by atoms with van der Waals surface area (Å²) in [5.41, 5.74) is 4.86. The average Bonchev–Trinajstić information content (AvgIpc) is 3.00. The number of nitrogens with one attached hydrogen (secondary N) is 2. The molecule has 1 saturated heterocycles. The Kier molecular flexibility index (Phi) is 3.38. The number of hydrogen-bond donors (Lipinski definition) is 2. The number of rotatable bonds is 3. The maximum atomic E-state index is 4.43.